The zero-order valence-electron chi connectivity index (χ0n) is 12.4. The number of halogens is 5. The van der Waals surface area contributed by atoms with Crippen LogP contribution in [0.15, 0.2) is 30.9 Å². The van der Waals surface area contributed by atoms with Crippen LogP contribution in [0.1, 0.15) is 18.0 Å². The van der Waals surface area contributed by atoms with Crippen molar-refractivity contribution in [2.24, 2.45) is 0 Å². The van der Waals surface area contributed by atoms with Gasteiger partial charge in [0.05, 0.1) is 5.02 Å². The maximum Gasteiger partial charge on any atom is 0.573 e. The zero-order valence-corrected chi connectivity index (χ0v) is 14.0. The summed E-state index contributed by atoms with van der Waals surface area (Å²) in [7, 11) is 0. The molecule has 3 nitrogen and oxygen atoms in total. The fourth-order valence-electron chi connectivity index (χ4n) is 2.58. The van der Waals surface area contributed by atoms with E-state index in [1.165, 1.54) is 6.07 Å². The van der Waals surface area contributed by atoms with Gasteiger partial charge >= 0.3 is 6.36 Å². The Labute approximate surface area is 144 Å². The van der Waals surface area contributed by atoms with Crippen LogP contribution in [0.3, 0.4) is 0 Å². The van der Waals surface area contributed by atoms with Gasteiger partial charge in [-0.15, -0.1) is 32.2 Å². The number of piperazine rings is 1. The number of ether oxygens (including phenoxy) is 1. The normalized spacial score (nSPS) is 17.2. The molecule has 1 aromatic rings. The van der Waals surface area contributed by atoms with Gasteiger partial charge in [0.15, 0.2) is 0 Å². The van der Waals surface area contributed by atoms with E-state index in [0.717, 1.165) is 31.7 Å². The van der Waals surface area contributed by atoms with E-state index in [0.29, 0.717) is 6.42 Å². The van der Waals surface area contributed by atoms with Gasteiger partial charge in [0, 0.05) is 32.2 Å². The molecule has 8 heteroatoms. The molecule has 0 amide bonds. The molecule has 0 radical (unpaired) electrons. The van der Waals surface area contributed by atoms with E-state index in [1.807, 2.05) is 0 Å². The average Bonchev–Trinajstić information content (AvgIpc) is 2.47. The molecule has 1 aromatic carbocycles. The van der Waals surface area contributed by atoms with Gasteiger partial charge in [-0.3, -0.25) is 4.90 Å². The van der Waals surface area contributed by atoms with Crippen LogP contribution in [0.2, 0.25) is 5.02 Å². The molecule has 1 atom stereocenters. The summed E-state index contributed by atoms with van der Waals surface area (Å²) in [6.45, 7) is 7.28. The third-order valence-corrected chi connectivity index (χ3v) is 3.84. The lowest BCUT2D eigenvalue weighted by Crippen LogP contribution is -2.45. The number of nitrogens with zero attached hydrogens (tertiary/aromatic N) is 1. The molecule has 1 aliphatic heterocycles. The summed E-state index contributed by atoms with van der Waals surface area (Å²) in [6, 6.07) is 4.49. The monoisotopic (exact) mass is 370 g/mol. The lowest BCUT2D eigenvalue weighted by molar-refractivity contribution is -0.274. The molecule has 0 bridgehead atoms. The van der Waals surface area contributed by atoms with Gasteiger partial charge in [-0.25, -0.2) is 0 Å². The first kappa shape index (κ1) is 20.1. The Hall–Kier alpha value is -0.950. The van der Waals surface area contributed by atoms with Gasteiger partial charge in [0.1, 0.15) is 5.75 Å². The Morgan fingerprint density at radius 3 is 2.52 bits per heavy atom. The van der Waals surface area contributed by atoms with Gasteiger partial charge < -0.3 is 10.1 Å². The highest BCUT2D eigenvalue weighted by Gasteiger charge is 2.32. The molecule has 0 spiro atoms. The third-order valence-electron chi connectivity index (χ3n) is 3.55. The van der Waals surface area contributed by atoms with Crippen LogP contribution < -0.4 is 10.1 Å². The Morgan fingerprint density at radius 1 is 1.35 bits per heavy atom. The second-order valence-electron chi connectivity index (χ2n) is 5.06. The van der Waals surface area contributed by atoms with Crippen LogP contribution in [0, 0.1) is 0 Å². The molecule has 0 saturated carbocycles. The van der Waals surface area contributed by atoms with Gasteiger partial charge in [-0.1, -0.05) is 23.7 Å². The van der Waals surface area contributed by atoms with E-state index in [-0.39, 0.29) is 29.2 Å². The van der Waals surface area contributed by atoms with Crippen LogP contribution >= 0.6 is 24.0 Å². The van der Waals surface area contributed by atoms with E-state index < -0.39 is 6.36 Å². The Balaban J connectivity index is 0.00000264. The smallest absolute Gasteiger partial charge is 0.404 e. The Bertz CT molecular complexity index is 520. The van der Waals surface area contributed by atoms with Gasteiger partial charge in [-0.05, 0) is 24.1 Å². The summed E-state index contributed by atoms with van der Waals surface area (Å²) < 4.78 is 40.7. The van der Waals surface area contributed by atoms with E-state index in [1.54, 1.807) is 18.2 Å². The molecule has 130 valence electrons. The first-order valence-electron chi connectivity index (χ1n) is 7.01. The van der Waals surface area contributed by atoms with E-state index in [4.69, 9.17) is 11.6 Å². The average molecular weight is 371 g/mol. The SMILES string of the molecule is C=CC[C@H](c1ccc(OC(F)(F)F)c(Cl)c1)N1CCNCC1.Cl. The Kier molecular flexibility index (Phi) is 7.67. The van der Waals surface area contributed by atoms with E-state index >= 15 is 0 Å². The van der Waals surface area contributed by atoms with Crippen molar-refractivity contribution in [2.75, 3.05) is 26.2 Å². The number of rotatable bonds is 5. The van der Waals surface area contributed by atoms with Crippen LogP contribution in [0.25, 0.3) is 0 Å². The molecule has 2 rings (SSSR count). The minimum absolute atomic E-state index is 0. The fraction of sp³-hybridized carbons (Fsp3) is 0.467. The predicted molar refractivity (Wildman–Crippen MR) is 87.4 cm³/mol. The molecule has 0 aromatic heterocycles. The minimum atomic E-state index is -4.75. The topological polar surface area (TPSA) is 24.5 Å². The van der Waals surface area contributed by atoms with E-state index in [9.17, 15) is 13.2 Å². The molecule has 0 aliphatic carbocycles. The largest absolute Gasteiger partial charge is 0.573 e. The zero-order chi connectivity index (χ0) is 16.2. The Morgan fingerprint density at radius 2 is 2.00 bits per heavy atom. The molecule has 1 saturated heterocycles. The lowest BCUT2D eigenvalue weighted by atomic mass is 10.0. The van der Waals surface area contributed by atoms with Gasteiger partial charge in [0.2, 0.25) is 0 Å². The van der Waals surface area contributed by atoms with Crippen molar-refractivity contribution in [1.82, 2.24) is 10.2 Å². The van der Waals surface area contributed by atoms with Crippen molar-refractivity contribution in [3.63, 3.8) is 0 Å². The van der Waals surface area contributed by atoms with Crippen LogP contribution in [-0.2, 0) is 0 Å². The van der Waals surface area contributed by atoms with Crippen molar-refractivity contribution < 1.29 is 17.9 Å². The number of hydrogen-bond donors (Lipinski definition) is 1. The van der Waals surface area contributed by atoms with Gasteiger partial charge in [0.25, 0.3) is 0 Å². The summed E-state index contributed by atoms with van der Waals surface area (Å²) in [5.41, 5.74) is 0.862. The summed E-state index contributed by atoms with van der Waals surface area (Å²) in [4.78, 5) is 2.27. The highest BCUT2D eigenvalue weighted by molar-refractivity contribution is 6.32. The summed E-state index contributed by atoms with van der Waals surface area (Å²) in [5, 5.41) is 3.23. The lowest BCUT2D eigenvalue weighted by Gasteiger charge is -2.35. The third kappa shape index (κ3) is 5.88. The number of alkyl halides is 3. The predicted octanol–water partition coefficient (Wildman–Crippen LogP) is 4.18. The van der Waals surface area contributed by atoms with Gasteiger partial charge in [-0.2, -0.15) is 0 Å². The summed E-state index contributed by atoms with van der Waals surface area (Å²) >= 11 is 5.94. The fourth-order valence-corrected chi connectivity index (χ4v) is 2.81. The molecule has 1 heterocycles. The van der Waals surface area contributed by atoms with Crippen molar-refractivity contribution in [3.8, 4) is 5.75 Å². The van der Waals surface area contributed by atoms with Crippen LogP contribution in [0.5, 0.6) is 5.75 Å². The first-order valence-corrected chi connectivity index (χ1v) is 7.39. The molecule has 23 heavy (non-hydrogen) atoms. The van der Waals surface area contributed by atoms with E-state index in [2.05, 4.69) is 21.5 Å². The molecule has 1 aliphatic rings. The van der Waals surface area contributed by atoms with Crippen molar-refractivity contribution >= 4 is 24.0 Å². The molecule has 0 unspecified atom stereocenters. The summed E-state index contributed by atoms with van der Waals surface area (Å²) in [5.74, 6) is -0.379. The van der Waals surface area contributed by atoms with Crippen LogP contribution in [0.4, 0.5) is 13.2 Å². The highest BCUT2D eigenvalue weighted by atomic mass is 35.5. The summed E-state index contributed by atoms with van der Waals surface area (Å²) in [6.07, 6.45) is -2.24. The molecule has 1 N–H and O–H groups in total. The highest BCUT2D eigenvalue weighted by Crippen LogP contribution is 2.34. The molecule has 1 fully saturated rings. The molecular formula is C15H19Cl2F3N2O. The number of benzene rings is 1. The maximum absolute atomic E-state index is 12.3. The number of nitrogens with one attached hydrogen (secondary N) is 1. The standard InChI is InChI=1S/C15H18ClF3N2O.ClH/c1-2-3-13(21-8-6-20-7-9-21)11-4-5-14(12(16)10-11)22-15(17,18)19;/h2,4-5,10,13,20H,1,3,6-9H2;1H/t13-;/m1./s1. The second kappa shape index (κ2) is 8.78. The van der Waals surface area contributed by atoms with Crippen LogP contribution in [-0.4, -0.2) is 37.4 Å². The van der Waals surface area contributed by atoms with Crippen molar-refractivity contribution in [2.45, 2.75) is 18.8 Å². The van der Waals surface area contributed by atoms with Crippen molar-refractivity contribution in [3.05, 3.63) is 41.4 Å². The first-order chi connectivity index (χ1) is 10.4. The second-order valence-corrected chi connectivity index (χ2v) is 5.47. The van der Waals surface area contributed by atoms with Crippen molar-refractivity contribution in [1.29, 1.82) is 0 Å². The maximum atomic E-state index is 12.3. The minimum Gasteiger partial charge on any atom is -0.404 e. The quantitative estimate of drug-likeness (QED) is 0.786. The molecular weight excluding hydrogens is 352 g/mol. The number of hydrogen-bond acceptors (Lipinski definition) is 3.